The van der Waals surface area contributed by atoms with Gasteiger partial charge in [-0.25, -0.2) is 0 Å². The van der Waals surface area contributed by atoms with E-state index in [4.69, 9.17) is 0 Å². The van der Waals surface area contributed by atoms with Crippen molar-refractivity contribution in [3.63, 3.8) is 0 Å². The van der Waals surface area contributed by atoms with Gasteiger partial charge in [0.15, 0.2) is 0 Å². The number of rotatable bonds is 3. The van der Waals surface area contributed by atoms with Gasteiger partial charge in [0.05, 0.1) is 0 Å². The fourth-order valence-electron chi connectivity index (χ4n) is 3.65. The van der Waals surface area contributed by atoms with Gasteiger partial charge >= 0.3 is 0 Å². The van der Waals surface area contributed by atoms with Gasteiger partial charge < -0.3 is 0 Å². The molecule has 16 heavy (non-hydrogen) atoms. The molecule has 1 saturated heterocycles. The Kier molecular flexibility index (Phi) is 3.63. The molecule has 1 unspecified atom stereocenters. The standard InChI is InChI=1S/C15H29N/c1-5-13(4)14-6-8-15(9-7-14)10-16(11-15)12(2)3/h12-14H,5-11H2,1-4H3. The van der Waals surface area contributed by atoms with E-state index < -0.39 is 0 Å². The molecule has 2 aliphatic rings. The highest BCUT2D eigenvalue weighted by atomic mass is 15.2. The average molecular weight is 223 g/mol. The van der Waals surface area contributed by atoms with Gasteiger partial charge in [-0.2, -0.15) is 0 Å². The average Bonchev–Trinajstić information content (AvgIpc) is 2.24. The maximum absolute atomic E-state index is 2.64. The zero-order valence-corrected chi connectivity index (χ0v) is 11.6. The summed E-state index contributed by atoms with van der Waals surface area (Å²) in [5.74, 6) is 1.99. The van der Waals surface area contributed by atoms with Gasteiger partial charge in [0.25, 0.3) is 0 Å². The highest BCUT2D eigenvalue weighted by Gasteiger charge is 2.45. The van der Waals surface area contributed by atoms with E-state index in [0.717, 1.165) is 23.3 Å². The summed E-state index contributed by atoms with van der Waals surface area (Å²) in [6.45, 7) is 12.2. The molecule has 1 aliphatic heterocycles. The van der Waals surface area contributed by atoms with Crippen LogP contribution in [-0.2, 0) is 0 Å². The van der Waals surface area contributed by atoms with Gasteiger partial charge in [-0.15, -0.1) is 0 Å². The summed E-state index contributed by atoms with van der Waals surface area (Å²) in [6, 6.07) is 0.762. The van der Waals surface area contributed by atoms with Gasteiger partial charge in [0.2, 0.25) is 0 Å². The maximum atomic E-state index is 2.64. The third-order valence-corrected chi connectivity index (χ3v) is 5.35. The van der Waals surface area contributed by atoms with Crippen molar-refractivity contribution < 1.29 is 0 Å². The van der Waals surface area contributed by atoms with Crippen LogP contribution in [-0.4, -0.2) is 24.0 Å². The molecule has 1 heteroatoms. The second kappa shape index (κ2) is 4.68. The molecule has 0 aromatic heterocycles. The molecule has 1 heterocycles. The van der Waals surface area contributed by atoms with E-state index in [1.54, 1.807) is 0 Å². The van der Waals surface area contributed by atoms with Crippen LogP contribution in [0.4, 0.5) is 0 Å². The van der Waals surface area contributed by atoms with Gasteiger partial charge in [0, 0.05) is 19.1 Å². The molecule has 0 amide bonds. The Balaban J connectivity index is 1.79. The number of hydrogen-bond acceptors (Lipinski definition) is 1. The molecule has 0 aromatic carbocycles. The lowest BCUT2D eigenvalue weighted by Gasteiger charge is -2.55. The fraction of sp³-hybridized carbons (Fsp3) is 1.00. The molecule has 0 N–H and O–H groups in total. The maximum Gasteiger partial charge on any atom is 0.00532 e. The first-order valence-electron chi connectivity index (χ1n) is 7.30. The van der Waals surface area contributed by atoms with Crippen molar-refractivity contribution in [3.05, 3.63) is 0 Å². The second-order valence-corrected chi connectivity index (χ2v) is 6.72. The lowest BCUT2D eigenvalue weighted by molar-refractivity contribution is -0.0595. The van der Waals surface area contributed by atoms with Crippen LogP contribution < -0.4 is 0 Å². The van der Waals surface area contributed by atoms with Crippen molar-refractivity contribution in [2.24, 2.45) is 17.3 Å². The Labute approximate surface area is 102 Å². The molecule has 1 saturated carbocycles. The molecule has 0 radical (unpaired) electrons. The molecule has 1 nitrogen and oxygen atoms in total. The summed E-state index contributed by atoms with van der Waals surface area (Å²) in [6.07, 6.45) is 7.38. The van der Waals surface area contributed by atoms with Crippen molar-refractivity contribution in [3.8, 4) is 0 Å². The van der Waals surface area contributed by atoms with Crippen molar-refractivity contribution in [2.45, 2.75) is 65.8 Å². The highest BCUT2D eigenvalue weighted by molar-refractivity contribution is 4.99. The first-order chi connectivity index (χ1) is 7.56. The SMILES string of the molecule is CCC(C)C1CCC2(CC1)CN(C(C)C)C2. The minimum Gasteiger partial charge on any atom is -0.300 e. The van der Waals surface area contributed by atoms with Gasteiger partial charge in [-0.3, -0.25) is 4.90 Å². The highest BCUT2D eigenvalue weighted by Crippen LogP contribution is 2.47. The summed E-state index contributed by atoms with van der Waals surface area (Å²) in [5.41, 5.74) is 0.744. The van der Waals surface area contributed by atoms with Crippen LogP contribution in [0.1, 0.15) is 59.8 Å². The van der Waals surface area contributed by atoms with E-state index in [2.05, 4.69) is 32.6 Å². The predicted octanol–water partition coefficient (Wildman–Crippen LogP) is 3.93. The Morgan fingerprint density at radius 3 is 2.12 bits per heavy atom. The molecule has 0 bridgehead atoms. The summed E-state index contributed by atoms with van der Waals surface area (Å²) < 4.78 is 0. The topological polar surface area (TPSA) is 3.24 Å². The van der Waals surface area contributed by atoms with Crippen molar-refractivity contribution in [2.75, 3.05) is 13.1 Å². The monoisotopic (exact) mass is 223 g/mol. The van der Waals surface area contributed by atoms with Crippen LogP contribution in [0.25, 0.3) is 0 Å². The minimum atomic E-state index is 0.744. The zero-order valence-electron chi connectivity index (χ0n) is 11.6. The van der Waals surface area contributed by atoms with Gasteiger partial charge in [-0.05, 0) is 56.8 Å². The van der Waals surface area contributed by atoms with E-state index in [1.807, 2.05) is 0 Å². The number of hydrogen-bond donors (Lipinski definition) is 0. The first-order valence-corrected chi connectivity index (χ1v) is 7.30. The largest absolute Gasteiger partial charge is 0.300 e. The Morgan fingerprint density at radius 2 is 1.69 bits per heavy atom. The van der Waals surface area contributed by atoms with Crippen LogP contribution in [0, 0.1) is 17.3 Å². The summed E-state index contributed by atoms with van der Waals surface area (Å²) in [4.78, 5) is 2.64. The van der Waals surface area contributed by atoms with E-state index in [-0.39, 0.29) is 0 Å². The number of likely N-dealkylation sites (tertiary alicyclic amines) is 1. The zero-order chi connectivity index (χ0) is 11.8. The van der Waals surface area contributed by atoms with Crippen LogP contribution in [0.15, 0.2) is 0 Å². The Morgan fingerprint density at radius 1 is 1.12 bits per heavy atom. The first kappa shape index (κ1) is 12.4. The molecular weight excluding hydrogens is 194 g/mol. The normalized spacial score (nSPS) is 28.3. The Bertz CT molecular complexity index is 218. The van der Waals surface area contributed by atoms with Gasteiger partial charge in [0.1, 0.15) is 0 Å². The molecule has 2 rings (SSSR count). The molecule has 1 aliphatic carbocycles. The van der Waals surface area contributed by atoms with Gasteiger partial charge in [-0.1, -0.05) is 20.3 Å². The van der Waals surface area contributed by atoms with Crippen LogP contribution in [0.3, 0.4) is 0 Å². The van der Waals surface area contributed by atoms with Crippen LogP contribution >= 0.6 is 0 Å². The quantitative estimate of drug-likeness (QED) is 0.700. The number of nitrogens with zero attached hydrogens (tertiary/aromatic N) is 1. The predicted molar refractivity (Wildman–Crippen MR) is 70.6 cm³/mol. The lowest BCUT2D eigenvalue weighted by Crippen LogP contribution is -2.59. The summed E-state index contributed by atoms with van der Waals surface area (Å²) in [7, 11) is 0. The van der Waals surface area contributed by atoms with E-state index in [9.17, 15) is 0 Å². The summed E-state index contributed by atoms with van der Waals surface area (Å²) >= 11 is 0. The van der Waals surface area contributed by atoms with Crippen molar-refractivity contribution >= 4 is 0 Å². The van der Waals surface area contributed by atoms with Crippen LogP contribution in [0.5, 0.6) is 0 Å². The van der Waals surface area contributed by atoms with Crippen molar-refractivity contribution in [1.29, 1.82) is 0 Å². The lowest BCUT2D eigenvalue weighted by atomic mass is 9.63. The van der Waals surface area contributed by atoms with E-state index in [1.165, 1.54) is 45.2 Å². The molecule has 1 atom stereocenters. The van der Waals surface area contributed by atoms with E-state index >= 15 is 0 Å². The Hall–Kier alpha value is -0.0400. The molecule has 0 aromatic rings. The smallest absolute Gasteiger partial charge is 0.00532 e. The molecule has 94 valence electrons. The third kappa shape index (κ3) is 2.30. The summed E-state index contributed by atoms with van der Waals surface area (Å²) in [5, 5.41) is 0. The molecule has 2 fully saturated rings. The third-order valence-electron chi connectivity index (χ3n) is 5.35. The molecule has 1 spiro atoms. The fourth-order valence-corrected chi connectivity index (χ4v) is 3.65. The van der Waals surface area contributed by atoms with E-state index in [0.29, 0.717) is 0 Å². The van der Waals surface area contributed by atoms with Crippen LogP contribution in [0.2, 0.25) is 0 Å². The minimum absolute atomic E-state index is 0.744. The molecular formula is C15H29N. The van der Waals surface area contributed by atoms with Crippen molar-refractivity contribution in [1.82, 2.24) is 4.90 Å². The second-order valence-electron chi connectivity index (χ2n) is 6.72.